The molecule has 0 saturated carbocycles. The van der Waals surface area contributed by atoms with Crippen LogP contribution in [-0.4, -0.2) is 21.2 Å². The second-order valence-corrected chi connectivity index (χ2v) is 8.95. The Morgan fingerprint density at radius 1 is 0.629 bits per heavy atom. The Balaban J connectivity index is 1.69. The maximum atomic E-state index is 10.5. The first-order valence-electron chi connectivity index (χ1n) is 11.8. The van der Waals surface area contributed by atoms with Gasteiger partial charge in [0.25, 0.3) is 0 Å². The van der Waals surface area contributed by atoms with Gasteiger partial charge < -0.3 is 9.84 Å². The van der Waals surface area contributed by atoms with Gasteiger partial charge in [0.05, 0.1) is 17.4 Å². The Labute approximate surface area is 203 Å². The van der Waals surface area contributed by atoms with Crippen LogP contribution in [0.2, 0.25) is 0 Å². The number of hydrogen-bond acceptors (Lipinski definition) is 4. The lowest BCUT2D eigenvalue weighted by Crippen LogP contribution is -2.08. The van der Waals surface area contributed by atoms with E-state index in [1.54, 1.807) is 12.1 Å². The van der Waals surface area contributed by atoms with Crippen molar-refractivity contribution in [3.05, 3.63) is 97.1 Å². The summed E-state index contributed by atoms with van der Waals surface area (Å²) in [7, 11) is 0. The highest BCUT2D eigenvalue weighted by atomic mass is 16.5. The van der Waals surface area contributed by atoms with E-state index >= 15 is 0 Å². The third kappa shape index (κ3) is 3.73. The van der Waals surface area contributed by atoms with E-state index in [0.29, 0.717) is 17.3 Å². The number of hydrogen-bond donors (Lipinski definition) is 1. The quantitative estimate of drug-likeness (QED) is 0.275. The second kappa shape index (κ2) is 8.41. The van der Waals surface area contributed by atoms with Gasteiger partial charge in [-0.15, -0.1) is 0 Å². The molecule has 4 heteroatoms. The molecule has 0 saturated heterocycles. The van der Waals surface area contributed by atoms with Gasteiger partial charge in [-0.2, -0.15) is 4.98 Å². The zero-order valence-electron chi connectivity index (χ0n) is 19.6. The number of aromatic hydroxyl groups is 1. The maximum absolute atomic E-state index is 10.5. The largest absolute Gasteiger partial charge is 0.507 e. The smallest absolute Gasteiger partial charge is 0.217 e. The summed E-state index contributed by atoms with van der Waals surface area (Å²) in [4.78, 5) is 9.56. The Kier molecular flexibility index (Phi) is 5.07. The molecule has 35 heavy (non-hydrogen) atoms. The standard InChI is InChI=1S/C31H24N2O2/c1-19(2)35-30-18-28(32-31(33-30)25-13-7-8-14-29(25)34)27-17-26-21-10-4-3-9-20(21)15-16-24(26)22-11-5-6-12-23(22)27/h3-19,34H,1-2H3. The van der Waals surface area contributed by atoms with E-state index in [9.17, 15) is 5.11 Å². The lowest BCUT2D eigenvalue weighted by Gasteiger charge is -2.15. The fourth-order valence-electron chi connectivity index (χ4n) is 4.72. The number of rotatable bonds is 4. The van der Waals surface area contributed by atoms with E-state index in [4.69, 9.17) is 9.72 Å². The highest BCUT2D eigenvalue weighted by Crippen LogP contribution is 2.39. The van der Waals surface area contributed by atoms with Gasteiger partial charge in [-0.25, -0.2) is 4.98 Å². The third-order valence-electron chi connectivity index (χ3n) is 6.25. The van der Waals surface area contributed by atoms with Gasteiger partial charge in [0.15, 0.2) is 5.82 Å². The van der Waals surface area contributed by atoms with E-state index in [1.165, 1.54) is 26.9 Å². The number of aromatic nitrogens is 2. The monoisotopic (exact) mass is 456 g/mol. The fourth-order valence-corrected chi connectivity index (χ4v) is 4.72. The molecule has 0 aliphatic heterocycles. The Bertz CT molecular complexity index is 1720. The first-order chi connectivity index (χ1) is 17.1. The van der Waals surface area contributed by atoms with Crippen LogP contribution < -0.4 is 4.74 Å². The summed E-state index contributed by atoms with van der Waals surface area (Å²) >= 11 is 0. The minimum absolute atomic E-state index is 0.0488. The van der Waals surface area contributed by atoms with Gasteiger partial charge in [0, 0.05) is 11.6 Å². The molecule has 0 aliphatic rings. The molecule has 5 aromatic carbocycles. The molecular formula is C31H24N2O2. The van der Waals surface area contributed by atoms with Gasteiger partial charge in [-0.05, 0) is 64.4 Å². The summed E-state index contributed by atoms with van der Waals surface area (Å²) in [6.07, 6.45) is -0.0488. The molecule has 0 bridgehead atoms. The molecule has 1 heterocycles. The average molecular weight is 457 g/mol. The van der Waals surface area contributed by atoms with Crippen molar-refractivity contribution in [2.75, 3.05) is 0 Å². The van der Waals surface area contributed by atoms with Crippen molar-refractivity contribution in [2.24, 2.45) is 0 Å². The third-order valence-corrected chi connectivity index (χ3v) is 6.25. The van der Waals surface area contributed by atoms with Crippen LogP contribution in [0, 0.1) is 0 Å². The SMILES string of the molecule is CC(C)Oc1cc(-c2cc3c4ccccc4ccc3c3ccccc23)nc(-c2ccccc2O)n1. The van der Waals surface area contributed by atoms with Gasteiger partial charge >= 0.3 is 0 Å². The summed E-state index contributed by atoms with van der Waals surface area (Å²) in [5.74, 6) is 1.04. The number of nitrogens with zero attached hydrogens (tertiary/aromatic N) is 2. The Morgan fingerprint density at radius 2 is 1.31 bits per heavy atom. The van der Waals surface area contributed by atoms with Crippen molar-refractivity contribution < 1.29 is 9.84 Å². The number of fused-ring (bicyclic) bond motifs is 5. The molecule has 0 fully saturated rings. The fraction of sp³-hybridized carbons (Fsp3) is 0.0968. The van der Waals surface area contributed by atoms with Gasteiger partial charge in [0.2, 0.25) is 5.88 Å². The number of ether oxygens (including phenoxy) is 1. The van der Waals surface area contributed by atoms with E-state index in [2.05, 4.69) is 71.7 Å². The highest BCUT2D eigenvalue weighted by molar-refractivity contribution is 6.20. The molecule has 1 aromatic heterocycles. The highest BCUT2D eigenvalue weighted by Gasteiger charge is 2.16. The summed E-state index contributed by atoms with van der Waals surface area (Å²) < 4.78 is 6.02. The van der Waals surface area contributed by atoms with Crippen molar-refractivity contribution in [1.29, 1.82) is 0 Å². The van der Waals surface area contributed by atoms with E-state index in [-0.39, 0.29) is 11.9 Å². The van der Waals surface area contributed by atoms with Gasteiger partial charge in [-0.3, -0.25) is 0 Å². The van der Waals surface area contributed by atoms with Crippen LogP contribution in [0.1, 0.15) is 13.8 Å². The van der Waals surface area contributed by atoms with Crippen LogP contribution in [0.15, 0.2) is 97.1 Å². The van der Waals surface area contributed by atoms with E-state index in [1.807, 2.05) is 32.0 Å². The molecule has 0 spiro atoms. The van der Waals surface area contributed by atoms with Crippen molar-refractivity contribution in [1.82, 2.24) is 9.97 Å². The van der Waals surface area contributed by atoms with Crippen molar-refractivity contribution in [3.63, 3.8) is 0 Å². The molecule has 0 radical (unpaired) electrons. The number of phenols is 1. The van der Waals surface area contributed by atoms with Crippen LogP contribution in [-0.2, 0) is 0 Å². The summed E-state index contributed by atoms with van der Waals surface area (Å²) in [5.41, 5.74) is 2.32. The predicted octanol–water partition coefficient (Wildman–Crippen LogP) is 7.76. The minimum atomic E-state index is -0.0488. The molecule has 0 aliphatic carbocycles. The molecule has 0 amide bonds. The maximum Gasteiger partial charge on any atom is 0.217 e. The molecule has 4 nitrogen and oxygen atoms in total. The molecular weight excluding hydrogens is 432 g/mol. The molecule has 0 unspecified atom stereocenters. The number of para-hydroxylation sites is 1. The zero-order chi connectivity index (χ0) is 23.9. The van der Waals surface area contributed by atoms with Crippen molar-refractivity contribution >= 4 is 32.3 Å². The van der Waals surface area contributed by atoms with Crippen LogP contribution in [0.5, 0.6) is 11.6 Å². The summed E-state index contributed by atoms with van der Waals surface area (Å²) in [6.45, 7) is 3.94. The summed E-state index contributed by atoms with van der Waals surface area (Å²) in [5, 5.41) is 17.6. The number of benzene rings is 5. The Morgan fingerprint density at radius 3 is 2.11 bits per heavy atom. The molecule has 1 N–H and O–H groups in total. The first-order valence-corrected chi connectivity index (χ1v) is 11.8. The average Bonchev–Trinajstić information content (AvgIpc) is 2.87. The van der Waals surface area contributed by atoms with E-state index in [0.717, 1.165) is 16.6 Å². The lowest BCUT2D eigenvalue weighted by atomic mass is 9.92. The Hall–Kier alpha value is -4.44. The lowest BCUT2D eigenvalue weighted by molar-refractivity contribution is 0.232. The van der Waals surface area contributed by atoms with E-state index < -0.39 is 0 Å². The first kappa shape index (κ1) is 21.1. The van der Waals surface area contributed by atoms with Crippen LogP contribution in [0.25, 0.3) is 55.0 Å². The number of phenolic OH excluding ortho intramolecular Hbond substituents is 1. The van der Waals surface area contributed by atoms with Crippen molar-refractivity contribution in [3.8, 4) is 34.3 Å². The summed E-state index contributed by atoms with van der Waals surface area (Å²) in [6, 6.07) is 32.5. The van der Waals surface area contributed by atoms with Gasteiger partial charge in [0.1, 0.15) is 5.75 Å². The molecule has 0 atom stereocenters. The normalized spacial score (nSPS) is 11.5. The zero-order valence-corrected chi connectivity index (χ0v) is 19.6. The van der Waals surface area contributed by atoms with Crippen LogP contribution in [0.3, 0.4) is 0 Å². The molecule has 6 rings (SSSR count). The molecule has 6 aromatic rings. The predicted molar refractivity (Wildman–Crippen MR) is 143 cm³/mol. The second-order valence-electron chi connectivity index (χ2n) is 8.95. The van der Waals surface area contributed by atoms with Crippen molar-refractivity contribution in [2.45, 2.75) is 20.0 Å². The topological polar surface area (TPSA) is 55.2 Å². The van der Waals surface area contributed by atoms with Gasteiger partial charge in [-0.1, -0.05) is 72.8 Å². The van der Waals surface area contributed by atoms with Crippen LogP contribution in [0.4, 0.5) is 0 Å². The minimum Gasteiger partial charge on any atom is -0.507 e. The molecule has 170 valence electrons. The van der Waals surface area contributed by atoms with Crippen LogP contribution >= 0.6 is 0 Å².